The average molecular weight is 535 g/mol. The van der Waals surface area contributed by atoms with E-state index in [4.69, 9.17) is 9.47 Å². The van der Waals surface area contributed by atoms with Gasteiger partial charge in [0.2, 0.25) is 0 Å². The van der Waals surface area contributed by atoms with Crippen LogP contribution in [-0.2, 0) is 13.1 Å². The number of hydrogen-bond donors (Lipinski definition) is 2. The van der Waals surface area contributed by atoms with Crippen LogP contribution >= 0.6 is 24.0 Å². The Balaban J connectivity index is 0.00000320. The van der Waals surface area contributed by atoms with E-state index >= 15 is 0 Å². The summed E-state index contributed by atoms with van der Waals surface area (Å²) >= 11 is 0. The Morgan fingerprint density at radius 3 is 2.67 bits per heavy atom. The van der Waals surface area contributed by atoms with E-state index < -0.39 is 6.55 Å². The second-order valence-corrected chi connectivity index (χ2v) is 6.78. The number of rotatable bonds is 8. The zero-order chi connectivity index (χ0) is 20.6. The van der Waals surface area contributed by atoms with Gasteiger partial charge in [0.05, 0.1) is 19.8 Å². The molecule has 2 N–H and O–H groups in total. The fraction of sp³-hybridized carbons (Fsp3) is 0.500. The van der Waals surface area contributed by atoms with Crippen LogP contribution in [-0.4, -0.2) is 35.8 Å². The maximum absolute atomic E-state index is 12.9. The van der Waals surface area contributed by atoms with Crippen molar-refractivity contribution in [2.45, 2.75) is 51.4 Å². The Morgan fingerprint density at radius 2 is 2.00 bits per heavy atom. The molecule has 1 fully saturated rings. The highest BCUT2D eigenvalue weighted by Crippen LogP contribution is 2.34. The molecule has 1 heterocycles. The number of nitrogens with one attached hydrogen (secondary N) is 2. The Morgan fingerprint density at radius 1 is 1.27 bits per heavy atom. The van der Waals surface area contributed by atoms with E-state index in [0.717, 1.165) is 28.7 Å². The maximum atomic E-state index is 12.9. The standard InChI is InChI=1S/C20H27F2N5O2.HI/c1-23-20(26-13-17-24-10-11-27(17)19(21)22)25-12-14-6-5-9-16(28-2)18(14)29-15-7-3-4-8-15;/h5-6,9-11,15,19H,3-4,7-8,12-13H2,1-2H3,(H2,23,25,26);1H. The molecule has 0 amide bonds. The van der Waals surface area contributed by atoms with Crippen LogP contribution in [0.15, 0.2) is 35.6 Å². The van der Waals surface area contributed by atoms with Gasteiger partial charge in [-0.2, -0.15) is 8.78 Å². The van der Waals surface area contributed by atoms with Gasteiger partial charge in [-0.1, -0.05) is 12.1 Å². The lowest BCUT2D eigenvalue weighted by Gasteiger charge is -2.20. The minimum absolute atomic E-state index is 0. The van der Waals surface area contributed by atoms with Crippen LogP contribution in [0.4, 0.5) is 8.78 Å². The molecule has 30 heavy (non-hydrogen) atoms. The molecule has 10 heteroatoms. The summed E-state index contributed by atoms with van der Waals surface area (Å²) < 4.78 is 38.4. The van der Waals surface area contributed by atoms with Crippen molar-refractivity contribution >= 4 is 29.9 Å². The zero-order valence-electron chi connectivity index (χ0n) is 17.1. The van der Waals surface area contributed by atoms with Gasteiger partial charge in [0, 0.05) is 31.5 Å². The van der Waals surface area contributed by atoms with Gasteiger partial charge >= 0.3 is 6.55 Å². The molecule has 7 nitrogen and oxygen atoms in total. The van der Waals surface area contributed by atoms with Crippen LogP contribution in [0.5, 0.6) is 11.5 Å². The van der Waals surface area contributed by atoms with Crippen molar-refractivity contribution in [2.75, 3.05) is 14.2 Å². The first-order valence-electron chi connectivity index (χ1n) is 9.69. The molecule has 1 aromatic carbocycles. The van der Waals surface area contributed by atoms with E-state index in [9.17, 15) is 8.78 Å². The minimum Gasteiger partial charge on any atom is -0.493 e. The monoisotopic (exact) mass is 535 g/mol. The zero-order valence-corrected chi connectivity index (χ0v) is 19.4. The quantitative estimate of drug-likeness (QED) is 0.303. The second kappa shape index (κ2) is 11.9. The summed E-state index contributed by atoms with van der Waals surface area (Å²) in [6.45, 7) is -2.06. The molecule has 0 aliphatic heterocycles. The van der Waals surface area contributed by atoms with Gasteiger partial charge in [0.1, 0.15) is 5.82 Å². The van der Waals surface area contributed by atoms with Crippen LogP contribution < -0.4 is 20.1 Å². The van der Waals surface area contributed by atoms with Crippen LogP contribution in [0.25, 0.3) is 0 Å². The number of methoxy groups -OCH3 is 1. The van der Waals surface area contributed by atoms with E-state index in [1.807, 2.05) is 18.2 Å². The van der Waals surface area contributed by atoms with Crippen molar-refractivity contribution < 1.29 is 18.3 Å². The molecule has 3 rings (SSSR count). The molecule has 1 aliphatic carbocycles. The van der Waals surface area contributed by atoms with Gasteiger partial charge in [-0.3, -0.25) is 9.56 Å². The lowest BCUT2D eigenvalue weighted by molar-refractivity contribution is 0.0668. The molecular formula is C20H28F2IN5O2. The lowest BCUT2D eigenvalue weighted by Crippen LogP contribution is -2.37. The Bertz CT molecular complexity index is 825. The Kier molecular flexibility index (Phi) is 9.60. The highest BCUT2D eigenvalue weighted by molar-refractivity contribution is 14.0. The number of nitrogens with zero attached hydrogens (tertiary/aromatic N) is 3. The SMILES string of the molecule is CN=C(NCc1cccc(OC)c1OC1CCCC1)NCc1nccn1C(F)F.I. The van der Waals surface area contributed by atoms with E-state index in [2.05, 4.69) is 20.6 Å². The van der Waals surface area contributed by atoms with Crippen LogP contribution in [0.2, 0.25) is 0 Å². The van der Waals surface area contributed by atoms with E-state index in [0.29, 0.717) is 18.3 Å². The first-order chi connectivity index (χ1) is 14.1. The first-order valence-corrected chi connectivity index (χ1v) is 9.69. The molecule has 0 spiro atoms. The number of guanidine groups is 1. The molecule has 0 unspecified atom stereocenters. The smallest absolute Gasteiger partial charge is 0.319 e. The highest BCUT2D eigenvalue weighted by Gasteiger charge is 2.20. The van der Waals surface area contributed by atoms with Gasteiger partial charge in [0.15, 0.2) is 17.5 Å². The number of para-hydroxylation sites is 1. The molecule has 0 bridgehead atoms. The number of ether oxygens (including phenoxy) is 2. The molecule has 0 saturated heterocycles. The molecule has 1 aliphatic rings. The molecule has 0 radical (unpaired) electrons. The largest absolute Gasteiger partial charge is 0.493 e. The normalized spacial score (nSPS) is 14.5. The lowest BCUT2D eigenvalue weighted by atomic mass is 10.1. The number of benzene rings is 1. The van der Waals surface area contributed by atoms with Crippen LogP contribution in [0, 0.1) is 0 Å². The van der Waals surface area contributed by atoms with Crippen molar-refractivity contribution in [3.05, 3.63) is 42.0 Å². The molecule has 0 atom stereocenters. The molecule has 1 saturated carbocycles. The van der Waals surface area contributed by atoms with Crippen LogP contribution in [0.3, 0.4) is 0 Å². The number of aromatic nitrogens is 2. The highest BCUT2D eigenvalue weighted by atomic mass is 127. The third-order valence-corrected chi connectivity index (χ3v) is 4.91. The van der Waals surface area contributed by atoms with Crippen LogP contribution in [0.1, 0.15) is 43.6 Å². The van der Waals surface area contributed by atoms with Crippen molar-refractivity contribution in [1.29, 1.82) is 0 Å². The summed E-state index contributed by atoms with van der Waals surface area (Å²) in [5.41, 5.74) is 0.938. The number of halogens is 3. The maximum Gasteiger partial charge on any atom is 0.319 e. The summed E-state index contributed by atoms with van der Waals surface area (Å²) in [7, 11) is 3.25. The number of hydrogen-bond acceptors (Lipinski definition) is 4. The summed E-state index contributed by atoms with van der Waals surface area (Å²) in [4.78, 5) is 8.11. The summed E-state index contributed by atoms with van der Waals surface area (Å²) in [6, 6.07) is 5.76. The predicted molar refractivity (Wildman–Crippen MR) is 122 cm³/mol. The van der Waals surface area contributed by atoms with Gasteiger partial charge < -0.3 is 20.1 Å². The van der Waals surface area contributed by atoms with E-state index in [-0.39, 0.29) is 42.4 Å². The van der Waals surface area contributed by atoms with Crippen molar-refractivity contribution in [1.82, 2.24) is 20.2 Å². The van der Waals surface area contributed by atoms with Gasteiger partial charge in [-0.15, -0.1) is 24.0 Å². The predicted octanol–water partition coefficient (Wildman–Crippen LogP) is 4.09. The molecule has 1 aromatic heterocycles. The fourth-order valence-corrected chi connectivity index (χ4v) is 3.39. The average Bonchev–Trinajstić information content (AvgIpc) is 3.40. The van der Waals surface area contributed by atoms with Crippen molar-refractivity contribution in [2.24, 2.45) is 4.99 Å². The first kappa shape index (κ1) is 24.2. The Hall–Kier alpha value is -2.11. The van der Waals surface area contributed by atoms with E-state index in [1.54, 1.807) is 14.2 Å². The number of aliphatic imine (C=N–C) groups is 1. The van der Waals surface area contributed by atoms with Gasteiger partial charge in [-0.25, -0.2) is 4.98 Å². The summed E-state index contributed by atoms with van der Waals surface area (Å²) in [5, 5.41) is 6.20. The third kappa shape index (κ3) is 6.19. The number of alkyl halides is 2. The molecule has 2 aromatic rings. The summed E-state index contributed by atoms with van der Waals surface area (Å²) in [5.74, 6) is 2.13. The van der Waals surface area contributed by atoms with Crippen molar-refractivity contribution in [3.8, 4) is 11.5 Å². The summed E-state index contributed by atoms with van der Waals surface area (Å²) in [6.07, 6.45) is 7.26. The van der Waals surface area contributed by atoms with Gasteiger partial charge in [0.25, 0.3) is 0 Å². The van der Waals surface area contributed by atoms with Gasteiger partial charge in [-0.05, 0) is 31.7 Å². The fourth-order valence-electron chi connectivity index (χ4n) is 3.39. The molecular weight excluding hydrogens is 507 g/mol. The minimum atomic E-state index is -2.63. The van der Waals surface area contributed by atoms with E-state index in [1.165, 1.54) is 25.2 Å². The second-order valence-electron chi connectivity index (χ2n) is 6.78. The molecule has 166 valence electrons. The third-order valence-electron chi connectivity index (χ3n) is 4.91. The number of imidazole rings is 1. The van der Waals surface area contributed by atoms with Crippen molar-refractivity contribution in [3.63, 3.8) is 0 Å². The Labute approximate surface area is 192 Å². The topological polar surface area (TPSA) is 72.7 Å².